The average molecular weight is 364 g/mol. The first-order valence-electron chi connectivity index (χ1n) is 9.47. The van der Waals surface area contributed by atoms with Crippen LogP contribution in [0, 0.1) is 5.41 Å². The third-order valence-electron chi connectivity index (χ3n) is 5.54. The number of ether oxygens (including phenoxy) is 2. The molecule has 2 aliphatic rings. The highest BCUT2D eigenvalue weighted by Gasteiger charge is 2.48. The number of hydrazone groups is 1. The SMILES string of the molecule is COc1ccc(C2=NNC(=O)C23CCCCC3)cc1OCc1ccccc1. The lowest BCUT2D eigenvalue weighted by molar-refractivity contribution is -0.127. The third kappa shape index (κ3) is 3.29. The minimum atomic E-state index is -0.496. The van der Waals surface area contributed by atoms with Crippen molar-refractivity contribution in [3.8, 4) is 11.5 Å². The second-order valence-electron chi connectivity index (χ2n) is 7.18. The molecule has 0 bridgehead atoms. The van der Waals surface area contributed by atoms with Gasteiger partial charge in [0.25, 0.3) is 5.91 Å². The molecule has 0 atom stereocenters. The van der Waals surface area contributed by atoms with E-state index >= 15 is 0 Å². The van der Waals surface area contributed by atoms with Crippen molar-refractivity contribution >= 4 is 11.6 Å². The molecule has 1 aliphatic carbocycles. The quantitative estimate of drug-likeness (QED) is 0.870. The molecule has 1 aliphatic heterocycles. The van der Waals surface area contributed by atoms with Crippen molar-refractivity contribution in [2.75, 3.05) is 7.11 Å². The van der Waals surface area contributed by atoms with Crippen LogP contribution in [0.4, 0.5) is 0 Å². The summed E-state index contributed by atoms with van der Waals surface area (Å²) in [5, 5.41) is 4.40. The molecule has 0 unspecified atom stereocenters. The number of carbonyl (C=O) groups is 1. The Morgan fingerprint density at radius 2 is 1.81 bits per heavy atom. The summed E-state index contributed by atoms with van der Waals surface area (Å²) >= 11 is 0. The summed E-state index contributed by atoms with van der Waals surface area (Å²) in [6.07, 6.45) is 4.99. The molecule has 0 saturated heterocycles. The zero-order valence-corrected chi connectivity index (χ0v) is 15.5. The van der Waals surface area contributed by atoms with E-state index in [9.17, 15) is 4.79 Å². The number of hydrogen-bond acceptors (Lipinski definition) is 4. The molecule has 5 heteroatoms. The Kier molecular flexibility index (Phi) is 4.84. The highest BCUT2D eigenvalue weighted by Crippen LogP contribution is 2.43. The van der Waals surface area contributed by atoms with Crippen LogP contribution in [0.3, 0.4) is 0 Å². The van der Waals surface area contributed by atoms with Gasteiger partial charge in [0.15, 0.2) is 11.5 Å². The lowest BCUT2D eigenvalue weighted by Crippen LogP contribution is -2.40. The summed E-state index contributed by atoms with van der Waals surface area (Å²) in [5.74, 6) is 1.36. The summed E-state index contributed by atoms with van der Waals surface area (Å²) in [5.41, 5.74) is 5.05. The predicted octanol–water partition coefficient (Wildman–Crippen LogP) is 4.06. The number of hydrogen-bond donors (Lipinski definition) is 1. The number of nitrogens with zero attached hydrogens (tertiary/aromatic N) is 1. The van der Waals surface area contributed by atoms with Crippen molar-refractivity contribution in [3.05, 3.63) is 59.7 Å². The normalized spacial score (nSPS) is 18.1. The van der Waals surface area contributed by atoms with Crippen LogP contribution in [0.5, 0.6) is 11.5 Å². The van der Waals surface area contributed by atoms with Crippen molar-refractivity contribution in [2.24, 2.45) is 10.5 Å². The van der Waals surface area contributed by atoms with Gasteiger partial charge in [-0.25, -0.2) is 5.43 Å². The molecule has 1 spiro atoms. The van der Waals surface area contributed by atoms with Crippen molar-refractivity contribution in [3.63, 3.8) is 0 Å². The van der Waals surface area contributed by atoms with E-state index in [1.807, 2.05) is 48.5 Å². The van der Waals surface area contributed by atoms with E-state index in [0.717, 1.165) is 42.5 Å². The number of amides is 1. The Morgan fingerprint density at radius 1 is 1.04 bits per heavy atom. The van der Waals surface area contributed by atoms with Gasteiger partial charge in [-0.2, -0.15) is 5.10 Å². The minimum absolute atomic E-state index is 0.0276. The van der Waals surface area contributed by atoms with Crippen LogP contribution in [0.25, 0.3) is 0 Å². The van der Waals surface area contributed by atoms with Crippen LogP contribution in [-0.4, -0.2) is 18.7 Å². The highest BCUT2D eigenvalue weighted by atomic mass is 16.5. The summed E-state index contributed by atoms with van der Waals surface area (Å²) in [6, 6.07) is 15.8. The molecule has 0 aromatic heterocycles. The Hall–Kier alpha value is -2.82. The van der Waals surface area contributed by atoms with Crippen LogP contribution in [0.2, 0.25) is 0 Å². The largest absolute Gasteiger partial charge is 0.493 e. The molecule has 2 aromatic rings. The molecule has 4 rings (SSSR count). The van der Waals surface area contributed by atoms with Gasteiger partial charge in [-0.05, 0) is 36.6 Å². The van der Waals surface area contributed by atoms with E-state index in [0.29, 0.717) is 18.1 Å². The van der Waals surface area contributed by atoms with E-state index in [4.69, 9.17) is 9.47 Å². The second kappa shape index (κ2) is 7.43. The molecule has 2 aromatic carbocycles. The molecular formula is C22H24N2O3. The predicted molar refractivity (Wildman–Crippen MR) is 104 cm³/mol. The number of benzene rings is 2. The van der Waals surface area contributed by atoms with Crippen molar-refractivity contribution in [2.45, 2.75) is 38.7 Å². The fourth-order valence-corrected chi connectivity index (χ4v) is 4.06. The Balaban J connectivity index is 1.63. The fourth-order valence-electron chi connectivity index (χ4n) is 4.06. The Labute approximate surface area is 159 Å². The van der Waals surface area contributed by atoms with Crippen LogP contribution in [-0.2, 0) is 11.4 Å². The van der Waals surface area contributed by atoms with Gasteiger partial charge in [-0.15, -0.1) is 0 Å². The standard InChI is InChI=1S/C22H24N2O3/c1-26-18-11-10-17(14-19(18)27-15-16-8-4-2-5-9-16)20-22(21(25)24-23-20)12-6-3-7-13-22/h2,4-5,8-11,14H,3,6-7,12-13,15H2,1H3,(H,24,25). The third-order valence-corrected chi connectivity index (χ3v) is 5.54. The van der Waals surface area contributed by atoms with Crippen LogP contribution in [0.1, 0.15) is 43.2 Å². The van der Waals surface area contributed by atoms with Gasteiger partial charge in [0.2, 0.25) is 0 Å². The maximum Gasteiger partial charge on any atom is 0.252 e. The second-order valence-corrected chi connectivity index (χ2v) is 7.18. The summed E-state index contributed by atoms with van der Waals surface area (Å²) in [6.45, 7) is 0.454. The van der Waals surface area contributed by atoms with Gasteiger partial charge in [0.1, 0.15) is 6.61 Å². The lowest BCUT2D eigenvalue weighted by Gasteiger charge is -2.32. The molecule has 1 N–H and O–H groups in total. The summed E-state index contributed by atoms with van der Waals surface area (Å²) in [7, 11) is 1.63. The zero-order valence-electron chi connectivity index (χ0n) is 15.5. The maximum atomic E-state index is 12.6. The minimum Gasteiger partial charge on any atom is -0.493 e. The van der Waals surface area contributed by atoms with Crippen LogP contribution < -0.4 is 14.9 Å². The van der Waals surface area contributed by atoms with Crippen molar-refractivity contribution < 1.29 is 14.3 Å². The number of nitrogens with one attached hydrogen (secondary N) is 1. The fraction of sp³-hybridized carbons (Fsp3) is 0.364. The van der Waals surface area contributed by atoms with E-state index in [1.54, 1.807) is 7.11 Å². The van der Waals surface area contributed by atoms with E-state index < -0.39 is 5.41 Å². The molecule has 1 heterocycles. The van der Waals surface area contributed by atoms with E-state index in [1.165, 1.54) is 6.42 Å². The van der Waals surface area contributed by atoms with Gasteiger partial charge in [0.05, 0.1) is 18.2 Å². The number of carbonyl (C=O) groups excluding carboxylic acids is 1. The van der Waals surface area contributed by atoms with E-state index in [-0.39, 0.29) is 5.91 Å². The molecule has 1 saturated carbocycles. The topological polar surface area (TPSA) is 59.9 Å². The highest BCUT2D eigenvalue weighted by molar-refractivity contribution is 6.20. The molecular weight excluding hydrogens is 340 g/mol. The Morgan fingerprint density at radius 3 is 2.56 bits per heavy atom. The summed E-state index contributed by atoms with van der Waals surface area (Å²) in [4.78, 5) is 12.6. The summed E-state index contributed by atoms with van der Waals surface area (Å²) < 4.78 is 11.5. The van der Waals surface area contributed by atoms with Crippen LogP contribution >= 0.6 is 0 Å². The first kappa shape index (κ1) is 17.6. The average Bonchev–Trinajstić information content (AvgIpc) is 3.03. The number of methoxy groups -OCH3 is 1. The maximum absolute atomic E-state index is 12.6. The van der Waals surface area contributed by atoms with Gasteiger partial charge in [-0.3, -0.25) is 4.79 Å². The Bertz CT molecular complexity index is 855. The number of rotatable bonds is 5. The molecule has 1 amide bonds. The first-order valence-corrected chi connectivity index (χ1v) is 9.47. The first-order chi connectivity index (χ1) is 13.2. The molecule has 1 fully saturated rings. The molecule has 27 heavy (non-hydrogen) atoms. The van der Waals surface area contributed by atoms with E-state index in [2.05, 4.69) is 10.5 Å². The molecule has 0 radical (unpaired) electrons. The van der Waals surface area contributed by atoms with Crippen LogP contribution in [0.15, 0.2) is 53.6 Å². The van der Waals surface area contributed by atoms with Gasteiger partial charge >= 0.3 is 0 Å². The smallest absolute Gasteiger partial charge is 0.252 e. The van der Waals surface area contributed by atoms with Crippen molar-refractivity contribution in [1.82, 2.24) is 5.43 Å². The molecule has 140 valence electrons. The lowest BCUT2D eigenvalue weighted by atomic mass is 9.69. The van der Waals surface area contributed by atoms with Gasteiger partial charge < -0.3 is 9.47 Å². The van der Waals surface area contributed by atoms with Gasteiger partial charge in [-0.1, -0.05) is 49.6 Å². The monoisotopic (exact) mass is 364 g/mol. The van der Waals surface area contributed by atoms with Gasteiger partial charge in [0, 0.05) is 5.56 Å². The van der Waals surface area contributed by atoms with Crippen molar-refractivity contribution in [1.29, 1.82) is 0 Å². The zero-order chi connectivity index (χ0) is 18.7. The molecule has 5 nitrogen and oxygen atoms in total.